The van der Waals surface area contributed by atoms with Gasteiger partial charge < -0.3 is 5.32 Å². The highest BCUT2D eigenvalue weighted by Crippen LogP contribution is 2.38. The van der Waals surface area contributed by atoms with Crippen molar-refractivity contribution in [1.82, 2.24) is 0 Å². The highest BCUT2D eigenvalue weighted by molar-refractivity contribution is 8.00. The van der Waals surface area contributed by atoms with Crippen LogP contribution in [0.25, 0.3) is 0 Å². The smallest absolute Gasteiger partial charge is 0.272 e. The molecule has 0 amide bonds. The lowest BCUT2D eigenvalue weighted by Gasteiger charge is -2.36. The fraction of sp³-hybridized carbons (Fsp3) is 0.600. The van der Waals surface area contributed by atoms with E-state index in [4.69, 9.17) is 0 Å². The molecule has 2 rings (SSSR count). The average molecular weight is 294 g/mol. The minimum atomic E-state index is -0.330. The van der Waals surface area contributed by atoms with Crippen molar-refractivity contribution >= 4 is 23.1 Å². The van der Waals surface area contributed by atoms with Gasteiger partial charge >= 0.3 is 0 Å². The van der Waals surface area contributed by atoms with Crippen LogP contribution in [0.4, 0.5) is 11.4 Å². The molecule has 0 heterocycles. The second-order valence-electron chi connectivity index (χ2n) is 5.56. The van der Waals surface area contributed by atoms with Gasteiger partial charge in [-0.15, -0.1) is 0 Å². The summed E-state index contributed by atoms with van der Waals surface area (Å²) in [5.41, 5.74) is 1.88. The average Bonchev–Trinajstić information content (AvgIpc) is 2.46. The first-order valence-electron chi connectivity index (χ1n) is 7.10. The molecular weight excluding hydrogens is 272 g/mol. The maximum Gasteiger partial charge on any atom is 0.272 e. The van der Waals surface area contributed by atoms with Gasteiger partial charge in [0, 0.05) is 28.6 Å². The molecule has 0 aromatic heterocycles. The molecule has 5 heteroatoms. The molecule has 0 spiro atoms. The first-order chi connectivity index (χ1) is 9.56. The number of nitrogens with one attached hydrogen (secondary N) is 1. The van der Waals surface area contributed by atoms with Gasteiger partial charge in [-0.3, -0.25) is 10.1 Å². The lowest BCUT2D eigenvalue weighted by Crippen LogP contribution is -2.35. The Balaban J connectivity index is 2.03. The molecular formula is C15H22N2O2S. The maximum atomic E-state index is 10.8. The predicted octanol–water partition coefficient (Wildman–Crippen LogP) is 4.38. The molecule has 1 fully saturated rings. The number of thioether (sulfide) groups is 1. The van der Waals surface area contributed by atoms with Gasteiger partial charge in [-0.2, -0.15) is 11.8 Å². The Morgan fingerprint density at radius 1 is 1.35 bits per heavy atom. The molecule has 1 aromatic rings. The summed E-state index contributed by atoms with van der Waals surface area (Å²) in [6.07, 6.45) is 8.66. The van der Waals surface area contributed by atoms with E-state index in [0.29, 0.717) is 10.3 Å². The van der Waals surface area contributed by atoms with E-state index >= 15 is 0 Å². The Kier molecular flexibility index (Phi) is 4.91. The molecule has 0 unspecified atom stereocenters. The number of rotatable bonds is 5. The van der Waals surface area contributed by atoms with Crippen molar-refractivity contribution in [3.8, 4) is 0 Å². The van der Waals surface area contributed by atoms with E-state index in [2.05, 4.69) is 11.6 Å². The Morgan fingerprint density at radius 2 is 2.05 bits per heavy atom. The van der Waals surface area contributed by atoms with E-state index < -0.39 is 0 Å². The van der Waals surface area contributed by atoms with Gasteiger partial charge in [0.2, 0.25) is 0 Å². The summed E-state index contributed by atoms with van der Waals surface area (Å²) in [5.74, 6) is 0. The van der Waals surface area contributed by atoms with Crippen LogP contribution in [-0.4, -0.2) is 22.5 Å². The van der Waals surface area contributed by atoms with E-state index in [1.54, 1.807) is 13.0 Å². The van der Waals surface area contributed by atoms with E-state index in [9.17, 15) is 10.1 Å². The largest absolute Gasteiger partial charge is 0.384 e. The van der Waals surface area contributed by atoms with Gasteiger partial charge in [-0.1, -0.05) is 19.3 Å². The van der Waals surface area contributed by atoms with Crippen LogP contribution < -0.4 is 5.32 Å². The van der Waals surface area contributed by atoms with Crippen LogP contribution in [0, 0.1) is 17.0 Å². The van der Waals surface area contributed by atoms with Crippen molar-refractivity contribution in [2.75, 3.05) is 18.1 Å². The molecule has 0 atom stereocenters. The fourth-order valence-electron chi connectivity index (χ4n) is 2.88. The molecule has 20 heavy (non-hydrogen) atoms. The summed E-state index contributed by atoms with van der Waals surface area (Å²) in [7, 11) is 0. The molecule has 0 radical (unpaired) electrons. The Hall–Kier alpha value is -1.23. The number of anilines is 1. The van der Waals surface area contributed by atoms with Crippen LogP contribution in [0.15, 0.2) is 18.2 Å². The molecule has 1 N–H and O–H groups in total. The molecule has 1 saturated carbocycles. The van der Waals surface area contributed by atoms with E-state index in [-0.39, 0.29) is 10.6 Å². The normalized spacial score (nSPS) is 17.7. The fourth-order valence-corrected chi connectivity index (χ4v) is 3.80. The summed E-state index contributed by atoms with van der Waals surface area (Å²) in [6.45, 7) is 2.72. The summed E-state index contributed by atoms with van der Waals surface area (Å²) < 4.78 is 0.327. The highest BCUT2D eigenvalue weighted by Gasteiger charge is 2.30. The number of nitro groups is 1. The van der Waals surface area contributed by atoms with Crippen molar-refractivity contribution in [1.29, 1.82) is 0 Å². The van der Waals surface area contributed by atoms with E-state index in [0.717, 1.165) is 12.2 Å². The molecule has 4 nitrogen and oxygen atoms in total. The topological polar surface area (TPSA) is 55.2 Å². The number of nitrogens with zero attached hydrogens (tertiary/aromatic N) is 1. The third-order valence-electron chi connectivity index (χ3n) is 4.21. The zero-order chi connectivity index (χ0) is 14.6. The maximum absolute atomic E-state index is 10.8. The second-order valence-corrected chi connectivity index (χ2v) is 6.83. The molecule has 110 valence electrons. The van der Waals surface area contributed by atoms with Gasteiger partial charge in [0.05, 0.1) is 4.92 Å². The van der Waals surface area contributed by atoms with Crippen molar-refractivity contribution in [3.05, 3.63) is 33.9 Å². The number of benzene rings is 1. The van der Waals surface area contributed by atoms with E-state index in [1.165, 1.54) is 32.1 Å². The van der Waals surface area contributed by atoms with Gasteiger partial charge in [0.15, 0.2) is 0 Å². The van der Waals surface area contributed by atoms with Gasteiger partial charge in [0.1, 0.15) is 0 Å². The lowest BCUT2D eigenvalue weighted by atomic mass is 9.88. The Labute approximate surface area is 124 Å². The van der Waals surface area contributed by atoms with Gasteiger partial charge in [-0.25, -0.2) is 0 Å². The monoisotopic (exact) mass is 294 g/mol. The van der Waals surface area contributed by atoms with Crippen LogP contribution in [0.5, 0.6) is 0 Å². The van der Waals surface area contributed by atoms with Crippen molar-refractivity contribution < 1.29 is 4.92 Å². The Bertz CT molecular complexity index is 485. The zero-order valence-electron chi connectivity index (χ0n) is 12.1. The predicted molar refractivity (Wildman–Crippen MR) is 85.7 cm³/mol. The SMILES string of the molecule is CSC1(CNc2ccc([N+](=O)[O-])c(C)c2)CCCCC1. The van der Waals surface area contributed by atoms with Crippen LogP contribution in [0.1, 0.15) is 37.7 Å². The quantitative estimate of drug-likeness (QED) is 0.646. The third kappa shape index (κ3) is 3.45. The highest BCUT2D eigenvalue weighted by atomic mass is 32.2. The number of nitro benzene ring substituents is 1. The number of hydrogen-bond donors (Lipinski definition) is 1. The van der Waals surface area contributed by atoms with E-state index in [1.807, 2.05) is 23.9 Å². The number of hydrogen-bond acceptors (Lipinski definition) is 4. The second kappa shape index (κ2) is 6.48. The minimum Gasteiger partial charge on any atom is -0.384 e. The minimum absolute atomic E-state index is 0.188. The van der Waals surface area contributed by atoms with Crippen molar-refractivity contribution in [2.24, 2.45) is 0 Å². The molecule has 0 aliphatic heterocycles. The first-order valence-corrected chi connectivity index (χ1v) is 8.33. The summed E-state index contributed by atoms with van der Waals surface area (Å²) in [4.78, 5) is 10.5. The molecule has 1 aliphatic rings. The lowest BCUT2D eigenvalue weighted by molar-refractivity contribution is -0.385. The van der Waals surface area contributed by atoms with Gasteiger partial charge in [-0.05, 0) is 38.2 Å². The summed E-state index contributed by atoms with van der Waals surface area (Å²) in [5, 5.41) is 14.3. The molecule has 0 bridgehead atoms. The van der Waals surface area contributed by atoms with Crippen LogP contribution >= 0.6 is 11.8 Å². The molecule has 1 aromatic carbocycles. The standard InChI is InChI=1S/C15H22N2O2S/c1-12-10-13(6-7-14(12)17(18)19)16-11-15(20-2)8-4-3-5-9-15/h6-7,10,16H,3-5,8-9,11H2,1-2H3. The zero-order valence-corrected chi connectivity index (χ0v) is 13.0. The molecule has 1 aliphatic carbocycles. The third-order valence-corrected chi connectivity index (χ3v) is 5.62. The van der Waals surface area contributed by atoms with Crippen molar-refractivity contribution in [3.63, 3.8) is 0 Å². The van der Waals surface area contributed by atoms with Crippen molar-refractivity contribution in [2.45, 2.75) is 43.8 Å². The van der Waals surface area contributed by atoms with Crippen LogP contribution in [0.2, 0.25) is 0 Å². The first kappa shape index (κ1) is 15.2. The Morgan fingerprint density at radius 3 is 2.60 bits per heavy atom. The van der Waals surface area contributed by atoms with Crippen LogP contribution in [-0.2, 0) is 0 Å². The van der Waals surface area contributed by atoms with Gasteiger partial charge in [0.25, 0.3) is 5.69 Å². The summed E-state index contributed by atoms with van der Waals surface area (Å²) >= 11 is 1.95. The van der Waals surface area contributed by atoms with Crippen LogP contribution in [0.3, 0.4) is 0 Å². The number of aryl methyl sites for hydroxylation is 1. The summed E-state index contributed by atoms with van der Waals surface area (Å²) in [6, 6.07) is 5.27. The molecule has 0 saturated heterocycles.